The average molecular weight is 328 g/mol. The smallest absolute Gasteiger partial charge is 0.323 e. The first kappa shape index (κ1) is 16.2. The topological polar surface area (TPSA) is 57.6 Å². The molecule has 0 aromatic heterocycles. The lowest BCUT2D eigenvalue weighted by Gasteiger charge is -2.27. The molecule has 114 valence electrons. The predicted molar refractivity (Wildman–Crippen MR) is 84.2 cm³/mol. The molecule has 0 bridgehead atoms. The van der Waals surface area contributed by atoms with Crippen LogP contribution in [0.5, 0.6) is 0 Å². The van der Waals surface area contributed by atoms with Crippen LogP contribution in [0.4, 0.5) is 0 Å². The Balaban J connectivity index is 2.30. The Morgan fingerprint density at radius 3 is 2.62 bits per heavy atom. The van der Waals surface area contributed by atoms with Gasteiger partial charge in [-0.2, -0.15) is 0 Å². The van der Waals surface area contributed by atoms with Crippen molar-refractivity contribution < 1.29 is 14.7 Å². The molecular weight excluding hydrogens is 310 g/mol. The van der Waals surface area contributed by atoms with Gasteiger partial charge in [0.1, 0.15) is 6.54 Å². The van der Waals surface area contributed by atoms with Gasteiger partial charge in [-0.25, -0.2) is 0 Å². The normalized spacial score (nSPS) is 15.1. The molecule has 1 aromatic rings. The number of halogens is 1. The van der Waals surface area contributed by atoms with E-state index < -0.39 is 5.97 Å². The Hall–Kier alpha value is -1.20. The van der Waals surface area contributed by atoms with Crippen molar-refractivity contribution in [1.82, 2.24) is 4.90 Å². The number of amides is 1. The van der Waals surface area contributed by atoms with Gasteiger partial charge in [0.25, 0.3) is 5.91 Å². The number of carboxylic acids is 1. The van der Waals surface area contributed by atoms with E-state index in [2.05, 4.69) is 0 Å². The van der Waals surface area contributed by atoms with Crippen molar-refractivity contribution in [1.29, 1.82) is 0 Å². The highest BCUT2D eigenvalue weighted by atomic mass is 35.5. The number of hydrogen-bond acceptors (Lipinski definition) is 3. The molecule has 0 aliphatic heterocycles. The lowest BCUT2D eigenvalue weighted by Crippen LogP contribution is -2.42. The van der Waals surface area contributed by atoms with Gasteiger partial charge in [-0.05, 0) is 37.3 Å². The summed E-state index contributed by atoms with van der Waals surface area (Å²) in [5.74, 6) is -1.28. The van der Waals surface area contributed by atoms with Gasteiger partial charge >= 0.3 is 5.97 Å². The van der Waals surface area contributed by atoms with E-state index >= 15 is 0 Å². The van der Waals surface area contributed by atoms with Crippen LogP contribution in [0.2, 0.25) is 5.02 Å². The van der Waals surface area contributed by atoms with Crippen molar-refractivity contribution >= 4 is 35.2 Å². The highest BCUT2D eigenvalue weighted by Gasteiger charge is 2.30. The maximum absolute atomic E-state index is 12.7. The fourth-order valence-corrected chi connectivity index (χ4v) is 3.32. The summed E-state index contributed by atoms with van der Waals surface area (Å²) in [7, 11) is 0. The number of hydrogen-bond donors (Lipinski definition) is 1. The van der Waals surface area contributed by atoms with Crippen molar-refractivity contribution in [3.63, 3.8) is 0 Å². The van der Waals surface area contributed by atoms with Crippen LogP contribution in [-0.4, -0.2) is 40.7 Å². The van der Waals surface area contributed by atoms with E-state index in [9.17, 15) is 9.59 Å². The minimum atomic E-state index is -0.993. The van der Waals surface area contributed by atoms with Crippen molar-refractivity contribution in [2.45, 2.75) is 36.6 Å². The molecule has 0 saturated heterocycles. The Bertz CT molecular complexity index is 544. The molecule has 1 aliphatic carbocycles. The first-order valence-corrected chi connectivity index (χ1v) is 8.49. The number of thioether (sulfide) groups is 1. The van der Waals surface area contributed by atoms with Crippen molar-refractivity contribution in [2.24, 2.45) is 0 Å². The van der Waals surface area contributed by atoms with E-state index in [0.717, 1.165) is 30.6 Å². The average Bonchev–Trinajstić information content (AvgIpc) is 2.98. The number of aliphatic carboxylic acids is 1. The summed E-state index contributed by atoms with van der Waals surface area (Å²) in [5, 5.41) is 9.45. The number of carboxylic acid groups (broad SMARTS) is 1. The van der Waals surface area contributed by atoms with E-state index in [1.54, 1.807) is 12.1 Å². The molecular formula is C15H18ClNO3S. The van der Waals surface area contributed by atoms with Gasteiger partial charge in [0.05, 0.1) is 10.6 Å². The van der Waals surface area contributed by atoms with Crippen molar-refractivity contribution in [3.05, 3.63) is 28.8 Å². The zero-order chi connectivity index (χ0) is 15.4. The lowest BCUT2D eigenvalue weighted by atomic mass is 10.1. The maximum Gasteiger partial charge on any atom is 0.323 e. The number of carbonyl (C=O) groups excluding carboxylic acids is 1. The predicted octanol–water partition coefficient (Wildman–Crippen LogP) is 3.53. The first-order chi connectivity index (χ1) is 10.0. The molecule has 0 spiro atoms. The molecule has 0 atom stereocenters. The molecule has 1 N–H and O–H groups in total. The molecule has 1 aliphatic rings. The lowest BCUT2D eigenvalue weighted by molar-refractivity contribution is -0.138. The molecule has 1 aromatic carbocycles. The molecule has 1 fully saturated rings. The van der Waals surface area contributed by atoms with E-state index in [1.807, 2.05) is 12.3 Å². The van der Waals surface area contributed by atoms with E-state index in [4.69, 9.17) is 16.7 Å². The van der Waals surface area contributed by atoms with E-state index in [1.165, 1.54) is 16.7 Å². The molecule has 1 saturated carbocycles. The zero-order valence-electron chi connectivity index (χ0n) is 11.8. The second kappa shape index (κ2) is 7.18. The minimum Gasteiger partial charge on any atom is -0.480 e. The van der Waals surface area contributed by atoms with Gasteiger partial charge < -0.3 is 10.0 Å². The Kier molecular flexibility index (Phi) is 5.53. The van der Waals surface area contributed by atoms with Crippen LogP contribution in [-0.2, 0) is 4.79 Å². The highest BCUT2D eigenvalue weighted by molar-refractivity contribution is 7.98. The molecule has 1 amide bonds. The zero-order valence-corrected chi connectivity index (χ0v) is 13.4. The van der Waals surface area contributed by atoms with Crippen LogP contribution in [0.3, 0.4) is 0 Å². The summed E-state index contributed by atoms with van der Waals surface area (Å²) in [6.45, 7) is -0.274. The molecule has 0 radical (unpaired) electrons. The second-order valence-electron chi connectivity index (χ2n) is 5.11. The molecule has 4 nitrogen and oxygen atoms in total. The number of nitrogens with zero attached hydrogens (tertiary/aromatic N) is 1. The fraction of sp³-hybridized carbons (Fsp3) is 0.467. The number of rotatable bonds is 5. The van der Waals surface area contributed by atoms with Gasteiger partial charge in [0.2, 0.25) is 0 Å². The summed E-state index contributed by atoms with van der Waals surface area (Å²) < 4.78 is 0. The van der Waals surface area contributed by atoms with Crippen LogP contribution < -0.4 is 0 Å². The van der Waals surface area contributed by atoms with Crippen LogP contribution in [0.25, 0.3) is 0 Å². The first-order valence-electron chi connectivity index (χ1n) is 6.89. The third kappa shape index (κ3) is 3.92. The third-order valence-corrected chi connectivity index (χ3v) is 4.79. The van der Waals surface area contributed by atoms with Crippen LogP contribution in [0, 0.1) is 0 Å². The van der Waals surface area contributed by atoms with E-state index in [-0.39, 0.29) is 18.5 Å². The Morgan fingerprint density at radius 1 is 1.38 bits per heavy atom. The van der Waals surface area contributed by atoms with Gasteiger partial charge in [0.15, 0.2) is 0 Å². The van der Waals surface area contributed by atoms with Gasteiger partial charge in [-0.3, -0.25) is 9.59 Å². The largest absolute Gasteiger partial charge is 0.480 e. The van der Waals surface area contributed by atoms with Gasteiger partial charge in [-0.15, -0.1) is 11.8 Å². The molecule has 0 unspecified atom stereocenters. The molecule has 2 rings (SSSR count). The summed E-state index contributed by atoms with van der Waals surface area (Å²) in [6.07, 6.45) is 5.71. The van der Waals surface area contributed by atoms with Gasteiger partial charge in [0, 0.05) is 10.9 Å². The maximum atomic E-state index is 12.7. The molecule has 21 heavy (non-hydrogen) atoms. The van der Waals surface area contributed by atoms with Crippen LogP contribution >= 0.6 is 23.4 Å². The molecule has 6 heteroatoms. The fourth-order valence-electron chi connectivity index (χ4n) is 2.68. The second-order valence-corrected chi connectivity index (χ2v) is 6.40. The van der Waals surface area contributed by atoms with Crippen LogP contribution in [0.1, 0.15) is 36.0 Å². The van der Waals surface area contributed by atoms with Crippen molar-refractivity contribution in [2.75, 3.05) is 12.8 Å². The summed E-state index contributed by atoms with van der Waals surface area (Å²) in [5.41, 5.74) is 0.386. The third-order valence-electron chi connectivity index (χ3n) is 3.74. The monoisotopic (exact) mass is 327 g/mol. The Morgan fingerprint density at radius 2 is 2.05 bits per heavy atom. The number of carbonyl (C=O) groups is 2. The molecule has 0 heterocycles. The standard InChI is InChI=1S/C15H18ClNO3S/c1-21-11-6-7-13(16)12(8-11)15(20)17(9-14(18)19)10-4-2-3-5-10/h6-8,10H,2-5,9H2,1H3,(H,18,19). The minimum absolute atomic E-state index is 0.00241. The SMILES string of the molecule is CSc1ccc(Cl)c(C(=O)N(CC(=O)O)C2CCCC2)c1. The van der Waals surface area contributed by atoms with Crippen LogP contribution in [0.15, 0.2) is 23.1 Å². The quantitative estimate of drug-likeness (QED) is 0.840. The Labute approximate surface area is 133 Å². The van der Waals surface area contributed by atoms with Crippen molar-refractivity contribution in [3.8, 4) is 0 Å². The van der Waals surface area contributed by atoms with E-state index in [0.29, 0.717) is 10.6 Å². The summed E-state index contributed by atoms with van der Waals surface area (Å²) in [4.78, 5) is 26.2. The number of benzene rings is 1. The highest BCUT2D eigenvalue weighted by Crippen LogP contribution is 2.28. The summed E-state index contributed by atoms with van der Waals surface area (Å²) >= 11 is 7.65. The van der Waals surface area contributed by atoms with Gasteiger partial charge in [-0.1, -0.05) is 24.4 Å². The summed E-state index contributed by atoms with van der Waals surface area (Å²) in [6, 6.07) is 5.27.